The Morgan fingerprint density at radius 1 is 0.692 bits per heavy atom. The van der Waals surface area contributed by atoms with Crippen molar-refractivity contribution < 1.29 is 19.8 Å². The van der Waals surface area contributed by atoms with Crippen molar-refractivity contribution in [1.29, 1.82) is 0 Å². The molecule has 0 aliphatic heterocycles. The third-order valence-corrected chi connectivity index (χ3v) is 3.94. The highest BCUT2D eigenvalue weighted by Crippen LogP contribution is 2.35. The van der Waals surface area contributed by atoms with Crippen molar-refractivity contribution in [3.05, 3.63) is 89.5 Å². The van der Waals surface area contributed by atoms with Gasteiger partial charge in [0.05, 0.1) is 11.1 Å². The topological polar surface area (TPSA) is 77.8 Å². The molecule has 0 atom stereocenters. The van der Waals surface area contributed by atoms with E-state index < -0.39 is 11.9 Å². The lowest BCUT2D eigenvalue weighted by atomic mass is 10.1. The van der Waals surface area contributed by atoms with Gasteiger partial charge < -0.3 is 15.1 Å². The molecule has 0 spiro atoms. The van der Waals surface area contributed by atoms with Crippen molar-refractivity contribution in [2.45, 2.75) is 6.92 Å². The molecule has 0 saturated carbocycles. The molecule has 3 aromatic carbocycles. The van der Waals surface area contributed by atoms with Gasteiger partial charge in [0.1, 0.15) is 0 Å². The van der Waals surface area contributed by atoms with Crippen LogP contribution in [0.1, 0.15) is 26.3 Å². The van der Waals surface area contributed by atoms with Crippen molar-refractivity contribution in [3.8, 4) is 0 Å². The van der Waals surface area contributed by atoms with Gasteiger partial charge in [0.25, 0.3) is 0 Å². The van der Waals surface area contributed by atoms with Crippen molar-refractivity contribution in [2.24, 2.45) is 0 Å². The second kappa shape index (κ2) is 7.11. The Bertz CT molecular complexity index is 935. The lowest BCUT2D eigenvalue weighted by molar-refractivity contribution is 0.0696. The van der Waals surface area contributed by atoms with Gasteiger partial charge in [-0.05, 0) is 55.0 Å². The first-order chi connectivity index (χ1) is 12.5. The minimum absolute atomic E-state index is 0.0755. The Morgan fingerprint density at radius 2 is 1.27 bits per heavy atom. The molecule has 0 bridgehead atoms. The van der Waals surface area contributed by atoms with Crippen molar-refractivity contribution in [2.75, 3.05) is 4.90 Å². The number of para-hydroxylation sites is 1. The van der Waals surface area contributed by atoms with Crippen LogP contribution in [0, 0.1) is 6.92 Å². The molecule has 0 saturated heterocycles. The van der Waals surface area contributed by atoms with Crippen LogP contribution in [0.15, 0.2) is 72.8 Å². The molecule has 0 aromatic heterocycles. The molecule has 0 fully saturated rings. The summed E-state index contributed by atoms with van der Waals surface area (Å²) in [6, 6.07) is 21.2. The predicted molar refractivity (Wildman–Crippen MR) is 99.8 cm³/mol. The van der Waals surface area contributed by atoms with Gasteiger partial charge >= 0.3 is 11.9 Å². The minimum atomic E-state index is -1.17. The molecule has 2 N–H and O–H groups in total. The van der Waals surface area contributed by atoms with Gasteiger partial charge in [-0.25, -0.2) is 9.59 Å². The van der Waals surface area contributed by atoms with E-state index in [0.29, 0.717) is 5.69 Å². The number of hydrogen-bond donors (Lipinski definition) is 2. The van der Waals surface area contributed by atoms with Crippen LogP contribution in [0.3, 0.4) is 0 Å². The Labute approximate surface area is 150 Å². The monoisotopic (exact) mass is 347 g/mol. The third kappa shape index (κ3) is 3.57. The summed E-state index contributed by atoms with van der Waals surface area (Å²) in [4.78, 5) is 24.8. The van der Waals surface area contributed by atoms with Gasteiger partial charge in [0, 0.05) is 17.1 Å². The van der Waals surface area contributed by atoms with Crippen molar-refractivity contribution in [1.82, 2.24) is 0 Å². The summed E-state index contributed by atoms with van der Waals surface area (Å²) >= 11 is 0. The third-order valence-electron chi connectivity index (χ3n) is 3.94. The number of benzene rings is 3. The molecule has 0 unspecified atom stereocenters. The van der Waals surface area contributed by atoms with Crippen LogP contribution in [0.25, 0.3) is 0 Å². The van der Waals surface area contributed by atoms with E-state index in [2.05, 4.69) is 0 Å². The molecule has 0 aliphatic rings. The maximum Gasteiger partial charge on any atom is 0.335 e. The van der Waals surface area contributed by atoms with Crippen LogP contribution in [0.4, 0.5) is 17.1 Å². The van der Waals surface area contributed by atoms with E-state index in [1.807, 2.05) is 66.4 Å². The summed E-state index contributed by atoms with van der Waals surface area (Å²) in [5.41, 5.74) is 2.98. The van der Waals surface area contributed by atoms with Gasteiger partial charge in [-0.1, -0.05) is 30.3 Å². The van der Waals surface area contributed by atoms with Crippen LogP contribution in [-0.4, -0.2) is 22.2 Å². The maximum atomic E-state index is 11.5. The predicted octanol–water partition coefficient (Wildman–Crippen LogP) is 4.86. The summed E-state index contributed by atoms with van der Waals surface area (Å²) in [6.07, 6.45) is 0. The molecular formula is C21H17NO4. The van der Waals surface area contributed by atoms with E-state index in [1.54, 1.807) is 0 Å². The van der Waals surface area contributed by atoms with Gasteiger partial charge in [0.15, 0.2) is 0 Å². The largest absolute Gasteiger partial charge is 0.478 e. The second-order valence-corrected chi connectivity index (χ2v) is 5.89. The van der Waals surface area contributed by atoms with Gasteiger partial charge in [-0.2, -0.15) is 0 Å². The standard InChI is InChI=1S/C21H17NO4/c1-14-6-5-9-18(10-14)22(17-7-3-2-4-8-17)19-12-15(20(23)24)11-16(13-19)21(25)26/h2-13H,1H3,(H,23,24)(H,25,26). The average Bonchev–Trinajstić information content (AvgIpc) is 2.62. The Balaban J connectivity index is 2.25. The number of nitrogens with zero attached hydrogens (tertiary/aromatic N) is 1. The number of aromatic carboxylic acids is 2. The molecule has 0 aliphatic carbocycles. The number of carbonyl (C=O) groups is 2. The van der Waals surface area contributed by atoms with E-state index in [1.165, 1.54) is 12.1 Å². The van der Waals surface area contributed by atoms with Crippen LogP contribution < -0.4 is 4.90 Å². The molecule has 0 radical (unpaired) electrons. The fraction of sp³-hybridized carbons (Fsp3) is 0.0476. The highest BCUT2D eigenvalue weighted by Gasteiger charge is 2.18. The first-order valence-electron chi connectivity index (χ1n) is 7.99. The zero-order valence-corrected chi connectivity index (χ0v) is 14.1. The first kappa shape index (κ1) is 17.2. The fourth-order valence-electron chi connectivity index (χ4n) is 2.78. The first-order valence-corrected chi connectivity index (χ1v) is 7.99. The van der Waals surface area contributed by atoms with E-state index in [4.69, 9.17) is 0 Å². The summed E-state index contributed by atoms with van der Waals surface area (Å²) in [5, 5.41) is 18.7. The number of anilines is 3. The molecule has 0 amide bonds. The van der Waals surface area contributed by atoms with Gasteiger partial charge in [-0.15, -0.1) is 0 Å². The van der Waals surface area contributed by atoms with Gasteiger partial charge in [0.2, 0.25) is 0 Å². The van der Waals surface area contributed by atoms with Crippen molar-refractivity contribution in [3.63, 3.8) is 0 Å². The zero-order valence-electron chi connectivity index (χ0n) is 14.1. The molecule has 5 nitrogen and oxygen atoms in total. The number of aryl methyl sites for hydroxylation is 1. The van der Waals surface area contributed by atoms with E-state index in [0.717, 1.165) is 23.0 Å². The molecule has 3 rings (SSSR count). The number of rotatable bonds is 5. The average molecular weight is 347 g/mol. The lowest BCUT2D eigenvalue weighted by Crippen LogP contribution is -2.13. The lowest BCUT2D eigenvalue weighted by Gasteiger charge is -2.26. The summed E-state index contributed by atoms with van der Waals surface area (Å²) in [5.74, 6) is -2.35. The molecular weight excluding hydrogens is 330 g/mol. The van der Waals surface area contributed by atoms with Crippen molar-refractivity contribution >= 4 is 29.0 Å². The molecule has 0 heterocycles. The van der Waals surface area contributed by atoms with E-state index in [-0.39, 0.29) is 11.1 Å². The Hall–Kier alpha value is -3.60. The molecule has 26 heavy (non-hydrogen) atoms. The second-order valence-electron chi connectivity index (χ2n) is 5.89. The normalized spacial score (nSPS) is 10.3. The summed E-state index contributed by atoms with van der Waals surface area (Å²) in [7, 11) is 0. The SMILES string of the molecule is Cc1cccc(N(c2ccccc2)c2cc(C(=O)O)cc(C(=O)O)c2)c1. The van der Waals surface area contributed by atoms with E-state index in [9.17, 15) is 19.8 Å². The van der Waals surface area contributed by atoms with Crippen LogP contribution >= 0.6 is 0 Å². The van der Waals surface area contributed by atoms with Crippen LogP contribution in [0.2, 0.25) is 0 Å². The maximum absolute atomic E-state index is 11.5. The summed E-state index contributed by atoms with van der Waals surface area (Å²) in [6.45, 7) is 1.96. The summed E-state index contributed by atoms with van der Waals surface area (Å²) < 4.78 is 0. The zero-order chi connectivity index (χ0) is 18.7. The highest BCUT2D eigenvalue weighted by atomic mass is 16.4. The Kier molecular flexibility index (Phi) is 4.71. The fourth-order valence-corrected chi connectivity index (χ4v) is 2.78. The Morgan fingerprint density at radius 3 is 1.81 bits per heavy atom. The quantitative estimate of drug-likeness (QED) is 0.689. The van der Waals surface area contributed by atoms with E-state index >= 15 is 0 Å². The molecule has 3 aromatic rings. The highest BCUT2D eigenvalue weighted by molar-refractivity contribution is 5.96. The minimum Gasteiger partial charge on any atom is -0.478 e. The van der Waals surface area contributed by atoms with Gasteiger partial charge in [-0.3, -0.25) is 0 Å². The van der Waals surface area contributed by atoms with Crippen LogP contribution in [-0.2, 0) is 0 Å². The van der Waals surface area contributed by atoms with Crippen LogP contribution in [0.5, 0.6) is 0 Å². The number of hydrogen-bond acceptors (Lipinski definition) is 3. The number of carboxylic acid groups (broad SMARTS) is 2. The molecule has 130 valence electrons. The smallest absolute Gasteiger partial charge is 0.335 e. The molecule has 5 heteroatoms. The number of carboxylic acids is 2.